The van der Waals surface area contributed by atoms with Gasteiger partial charge in [0.15, 0.2) is 6.73 Å². The third-order valence-corrected chi connectivity index (χ3v) is 3.39. The molecule has 3 aromatic rings. The lowest BCUT2D eigenvalue weighted by atomic mass is 10.2. The average molecular weight is 310 g/mol. The van der Waals surface area contributed by atoms with E-state index in [4.69, 9.17) is 9.47 Å². The Morgan fingerprint density at radius 1 is 1.13 bits per heavy atom. The third kappa shape index (κ3) is 3.06. The number of rotatable bonds is 4. The van der Waals surface area contributed by atoms with Gasteiger partial charge in [0.1, 0.15) is 12.1 Å². The molecule has 6 nitrogen and oxygen atoms in total. The molecule has 0 aliphatic heterocycles. The summed E-state index contributed by atoms with van der Waals surface area (Å²) >= 11 is 0. The first-order valence-electron chi connectivity index (χ1n) is 6.94. The smallest absolute Gasteiger partial charge is 0.339 e. The molecule has 0 atom stereocenters. The van der Waals surface area contributed by atoms with Gasteiger partial charge in [-0.15, -0.1) is 0 Å². The lowest BCUT2D eigenvalue weighted by Crippen LogP contribution is -2.23. The van der Waals surface area contributed by atoms with E-state index in [2.05, 4.69) is 4.98 Å². The van der Waals surface area contributed by atoms with Crippen LogP contribution in [0.5, 0.6) is 5.75 Å². The van der Waals surface area contributed by atoms with Crippen molar-refractivity contribution in [3.05, 3.63) is 70.8 Å². The molecule has 2 aromatic carbocycles. The first kappa shape index (κ1) is 14.8. The number of esters is 1. The van der Waals surface area contributed by atoms with Crippen molar-refractivity contribution < 1.29 is 14.3 Å². The maximum atomic E-state index is 12.3. The minimum absolute atomic E-state index is 0.193. The van der Waals surface area contributed by atoms with E-state index in [-0.39, 0.29) is 12.3 Å². The zero-order valence-corrected chi connectivity index (χ0v) is 12.4. The zero-order chi connectivity index (χ0) is 16.2. The highest BCUT2D eigenvalue weighted by atomic mass is 16.5. The fourth-order valence-corrected chi connectivity index (χ4v) is 2.14. The molecule has 23 heavy (non-hydrogen) atoms. The van der Waals surface area contributed by atoms with Crippen LogP contribution in [-0.2, 0) is 11.5 Å². The van der Waals surface area contributed by atoms with Crippen molar-refractivity contribution in [3.8, 4) is 5.75 Å². The van der Waals surface area contributed by atoms with Crippen LogP contribution >= 0.6 is 0 Å². The fraction of sp³-hybridized carbons (Fsp3) is 0.118. The highest BCUT2D eigenvalue weighted by Crippen LogP contribution is 2.12. The quantitative estimate of drug-likeness (QED) is 0.691. The number of hydrogen-bond donors (Lipinski definition) is 0. The van der Waals surface area contributed by atoms with Crippen LogP contribution in [0.15, 0.2) is 59.7 Å². The van der Waals surface area contributed by atoms with Crippen LogP contribution < -0.4 is 10.3 Å². The molecule has 0 unspecified atom stereocenters. The van der Waals surface area contributed by atoms with Crippen molar-refractivity contribution in [1.29, 1.82) is 0 Å². The molecule has 0 amide bonds. The molecule has 6 heteroatoms. The van der Waals surface area contributed by atoms with E-state index < -0.39 is 5.97 Å². The number of nitrogens with zero attached hydrogens (tertiary/aromatic N) is 2. The molecule has 0 saturated carbocycles. The second-order valence-electron chi connectivity index (χ2n) is 4.83. The molecular formula is C17H14N2O4. The molecule has 0 fully saturated rings. The lowest BCUT2D eigenvalue weighted by molar-refractivity contribution is 0.0365. The van der Waals surface area contributed by atoms with E-state index in [9.17, 15) is 9.59 Å². The number of carbonyl (C=O) groups is 1. The molecule has 1 aromatic heterocycles. The van der Waals surface area contributed by atoms with Gasteiger partial charge in [-0.25, -0.2) is 9.78 Å². The molecule has 1 heterocycles. The average Bonchev–Trinajstić information content (AvgIpc) is 2.61. The van der Waals surface area contributed by atoms with E-state index in [1.54, 1.807) is 49.6 Å². The molecule has 0 spiro atoms. The SMILES string of the molecule is COc1ccc(C(=O)OCn2cnc3ccccc3c2=O)cc1. The number of benzene rings is 2. The van der Waals surface area contributed by atoms with E-state index in [1.807, 2.05) is 6.07 Å². The number of methoxy groups -OCH3 is 1. The summed E-state index contributed by atoms with van der Waals surface area (Å²) < 4.78 is 11.4. The minimum atomic E-state index is -0.521. The number of para-hydroxylation sites is 1. The van der Waals surface area contributed by atoms with Crippen LogP contribution in [0, 0.1) is 0 Å². The maximum Gasteiger partial charge on any atom is 0.339 e. The molecule has 0 aliphatic rings. The predicted octanol–water partition coefficient (Wildman–Crippen LogP) is 2.22. The van der Waals surface area contributed by atoms with Crippen molar-refractivity contribution in [2.24, 2.45) is 0 Å². The summed E-state index contributed by atoms with van der Waals surface area (Å²) in [5.74, 6) is 0.129. The van der Waals surface area contributed by atoms with Crippen LogP contribution in [-0.4, -0.2) is 22.6 Å². The van der Waals surface area contributed by atoms with Gasteiger partial charge >= 0.3 is 5.97 Å². The van der Waals surface area contributed by atoms with Crippen molar-refractivity contribution >= 4 is 16.9 Å². The summed E-state index contributed by atoms with van der Waals surface area (Å²) in [6.45, 7) is -0.193. The molecule has 3 rings (SSSR count). The first-order chi connectivity index (χ1) is 11.2. The minimum Gasteiger partial charge on any atom is -0.497 e. The van der Waals surface area contributed by atoms with Gasteiger partial charge in [0.2, 0.25) is 0 Å². The summed E-state index contributed by atoms with van der Waals surface area (Å²) in [5.41, 5.74) is 0.737. The van der Waals surface area contributed by atoms with Crippen LogP contribution in [0.2, 0.25) is 0 Å². The topological polar surface area (TPSA) is 70.4 Å². The number of carbonyl (C=O) groups excluding carboxylic acids is 1. The van der Waals surface area contributed by atoms with Gasteiger partial charge in [-0.05, 0) is 36.4 Å². The normalized spacial score (nSPS) is 10.5. The Balaban J connectivity index is 1.76. The first-order valence-corrected chi connectivity index (χ1v) is 6.94. The number of fused-ring (bicyclic) bond motifs is 1. The predicted molar refractivity (Wildman–Crippen MR) is 84.4 cm³/mol. The summed E-state index contributed by atoms with van der Waals surface area (Å²) in [6.07, 6.45) is 1.37. The van der Waals surface area contributed by atoms with E-state index in [0.29, 0.717) is 22.2 Å². The van der Waals surface area contributed by atoms with Gasteiger partial charge in [-0.2, -0.15) is 0 Å². The Bertz CT molecular complexity index is 900. The van der Waals surface area contributed by atoms with Crippen molar-refractivity contribution in [3.63, 3.8) is 0 Å². The van der Waals surface area contributed by atoms with Gasteiger partial charge in [0.25, 0.3) is 5.56 Å². The molecular weight excluding hydrogens is 296 g/mol. The summed E-state index contributed by atoms with van der Waals surface area (Å²) in [4.78, 5) is 28.4. The zero-order valence-electron chi connectivity index (χ0n) is 12.4. The largest absolute Gasteiger partial charge is 0.497 e. The van der Waals surface area contributed by atoms with Crippen LogP contribution in [0.4, 0.5) is 0 Å². The fourth-order valence-electron chi connectivity index (χ4n) is 2.14. The maximum absolute atomic E-state index is 12.3. The van der Waals surface area contributed by atoms with Crippen LogP contribution in [0.25, 0.3) is 10.9 Å². The lowest BCUT2D eigenvalue weighted by Gasteiger charge is -2.08. The standard InChI is InChI=1S/C17H14N2O4/c1-22-13-8-6-12(7-9-13)17(21)23-11-19-10-18-15-5-3-2-4-14(15)16(19)20/h2-10H,11H2,1H3. The Morgan fingerprint density at radius 2 is 1.87 bits per heavy atom. The molecule has 0 saturated heterocycles. The van der Waals surface area contributed by atoms with Gasteiger partial charge in [-0.3, -0.25) is 9.36 Å². The Hall–Kier alpha value is -3.15. The van der Waals surface area contributed by atoms with Crippen molar-refractivity contribution in [1.82, 2.24) is 9.55 Å². The van der Waals surface area contributed by atoms with Gasteiger partial charge < -0.3 is 9.47 Å². The second-order valence-corrected chi connectivity index (χ2v) is 4.83. The Kier molecular flexibility index (Phi) is 4.05. The Labute approximate surface area is 131 Å². The molecule has 116 valence electrons. The highest BCUT2D eigenvalue weighted by molar-refractivity contribution is 5.89. The number of hydrogen-bond acceptors (Lipinski definition) is 5. The molecule has 0 bridgehead atoms. The molecule has 0 N–H and O–H groups in total. The van der Waals surface area contributed by atoms with Crippen LogP contribution in [0.3, 0.4) is 0 Å². The number of ether oxygens (including phenoxy) is 2. The van der Waals surface area contributed by atoms with Crippen molar-refractivity contribution in [2.75, 3.05) is 7.11 Å². The van der Waals surface area contributed by atoms with E-state index in [0.717, 1.165) is 0 Å². The van der Waals surface area contributed by atoms with E-state index >= 15 is 0 Å². The van der Waals surface area contributed by atoms with Crippen molar-refractivity contribution in [2.45, 2.75) is 6.73 Å². The van der Waals surface area contributed by atoms with Gasteiger partial charge in [0.05, 0.1) is 23.6 Å². The monoisotopic (exact) mass is 310 g/mol. The number of aromatic nitrogens is 2. The summed E-state index contributed by atoms with van der Waals surface area (Å²) in [5, 5.41) is 0.482. The molecule has 0 radical (unpaired) electrons. The van der Waals surface area contributed by atoms with E-state index in [1.165, 1.54) is 10.9 Å². The summed E-state index contributed by atoms with van der Waals surface area (Å²) in [6, 6.07) is 13.5. The van der Waals surface area contributed by atoms with Crippen LogP contribution in [0.1, 0.15) is 10.4 Å². The summed E-state index contributed by atoms with van der Waals surface area (Å²) in [7, 11) is 1.55. The Morgan fingerprint density at radius 3 is 2.61 bits per heavy atom. The second kappa shape index (κ2) is 6.31. The highest BCUT2D eigenvalue weighted by Gasteiger charge is 2.09. The van der Waals surface area contributed by atoms with Gasteiger partial charge in [-0.1, -0.05) is 12.1 Å². The third-order valence-electron chi connectivity index (χ3n) is 3.39. The molecule has 0 aliphatic carbocycles. The van der Waals surface area contributed by atoms with Gasteiger partial charge in [0, 0.05) is 0 Å².